The summed E-state index contributed by atoms with van der Waals surface area (Å²) in [6, 6.07) is 7.31. The summed E-state index contributed by atoms with van der Waals surface area (Å²) in [5, 5.41) is 11.0. The van der Waals surface area contributed by atoms with Crippen LogP contribution in [0.25, 0.3) is 0 Å². The lowest BCUT2D eigenvalue weighted by molar-refractivity contribution is -0.119. The first-order valence-corrected chi connectivity index (χ1v) is 10.3. The van der Waals surface area contributed by atoms with E-state index in [1.54, 1.807) is 23.9 Å². The number of carbonyl (C=O) groups excluding carboxylic acids is 2. The maximum Gasteiger partial charge on any atom is 0.217 e. The van der Waals surface area contributed by atoms with Crippen molar-refractivity contribution in [3.63, 3.8) is 0 Å². The summed E-state index contributed by atoms with van der Waals surface area (Å²) in [7, 11) is 0. The first kappa shape index (κ1) is 19.0. The van der Waals surface area contributed by atoms with Crippen molar-refractivity contribution in [1.82, 2.24) is 15.5 Å². The number of aromatic nitrogens is 2. The van der Waals surface area contributed by atoms with Crippen molar-refractivity contribution < 1.29 is 9.59 Å². The molecule has 0 radical (unpaired) electrons. The summed E-state index contributed by atoms with van der Waals surface area (Å²) >= 11 is 4.65. The van der Waals surface area contributed by atoms with Crippen LogP contribution in [-0.2, 0) is 11.3 Å². The van der Waals surface area contributed by atoms with E-state index in [-0.39, 0.29) is 11.7 Å². The molecule has 1 heterocycles. The lowest BCUT2D eigenvalue weighted by Gasteiger charge is -2.04. The minimum atomic E-state index is -0.0694. The molecule has 1 amide bonds. The van der Waals surface area contributed by atoms with Crippen LogP contribution in [0.5, 0.6) is 0 Å². The van der Waals surface area contributed by atoms with Gasteiger partial charge in [0.15, 0.2) is 14.5 Å². The monoisotopic (exact) mass is 381 g/mol. The Morgan fingerprint density at radius 2 is 1.79 bits per heavy atom. The highest BCUT2D eigenvalue weighted by Gasteiger charge is 2.10. The van der Waals surface area contributed by atoms with Gasteiger partial charge in [0, 0.05) is 24.8 Å². The largest absolute Gasteiger partial charge is 0.352 e. The van der Waals surface area contributed by atoms with Crippen molar-refractivity contribution in [3.05, 3.63) is 35.4 Å². The van der Waals surface area contributed by atoms with Gasteiger partial charge in [0.2, 0.25) is 5.91 Å². The zero-order chi connectivity index (χ0) is 17.4. The molecule has 0 spiro atoms. The van der Waals surface area contributed by atoms with Crippen LogP contribution in [0.15, 0.2) is 32.9 Å². The van der Waals surface area contributed by atoms with E-state index in [2.05, 4.69) is 22.4 Å². The highest BCUT2D eigenvalue weighted by molar-refractivity contribution is 8.03. The fourth-order valence-corrected chi connectivity index (χ4v) is 4.59. The zero-order valence-electron chi connectivity index (χ0n) is 13.6. The normalized spacial score (nSPS) is 10.6. The summed E-state index contributed by atoms with van der Waals surface area (Å²) in [6.45, 7) is 4.08. The lowest BCUT2D eigenvalue weighted by Crippen LogP contribution is -2.18. The maximum atomic E-state index is 12.2. The van der Waals surface area contributed by atoms with Crippen molar-refractivity contribution >= 4 is 46.6 Å². The second kappa shape index (κ2) is 9.80. The molecule has 0 atom stereocenters. The molecule has 0 aliphatic rings. The second-order valence-electron chi connectivity index (χ2n) is 5.00. The Kier molecular flexibility index (Phi) is 7.74. The summed E-state index contributed by atoms with van der Waals surface area (Å²) in [6.07, 6.45) is 1.10. The summed E-state index contributed by atoms with van der Waals surface area (Å²) in [5.74, 6) is 1.37. The van der Waals surface area contributed by atoms with Crippen molar-refractivity contribution in [2.45, 2.75) is 35.5 Å². The number of hydrogen-bond acceptors (Lipinski definition) is 7. The van der Waals surface area contributed by atoms with Gasteiger partial charge in [-0.25, -0.2) is 0 Å². The molecule has 0 aliphatic carbocycles. The van der Waals surface area contributed by atoms with E-state index in [1.807, 2.05) is 12.1 Å². The summed E-state index contributed by atoms with van der Waals surface area (Å²) in [5.41, 5.74) is 1.63. The molecule has 1 aromatic carbocycles. The van der Waals surface area contributed by atoms with Gasteiger partial charge in [0.1, 0.15) is 0 Å². The number of nitrogens with zero attached hydrogens (tertiary/aromatic N) is 2. The number of benzene rings is 1. The second-order valence-corrected chi connectivity index (χ2v) is 8.54. The maximum absolute atomic E-state index is 12.2. The number of ketones is 1. The van der Waals surface area contributed by atoms with Crippen LogP contribution >= 0.6 is 34.9 Å². The Hall–Kier alpha value is -1.38. The van der Waals surface area contributed by atoms with Crippen molar-refractivity contribution in [2.24, 2.45) is 0 Å². The first-order chi connectivity index (χ1) is 11.6. The quantitative estimate of drug-likeness (QED) is 0.528. The van der Waals surface area contributed by atoms with Crippen molar-refractivity contribution in [3.8, 4) is 0 Å². The Labute approximate surface area is 154 Å². The number of rotatable bonds is 9. The van der Waals surface area contributed by atoms with Gasteiger partial charge in [-0.1, -0.05) is 66.0 Å². The number of Topliss-reactive ketones (excluding diaryl/α,β-unsaturated/α-hetero) is 1. The molecule has 0 bridgehead atoms. The Morgan fingerprint density at radius 3 is 2.42 bits per heavy atom. The van der Waals surface area contributed by atoms with E-state index in [4.69, 9.17) is 0 Å². The topological polar surface area (TPSA) is 72.0 Å². The lowest BCUT2D eigenvalue weighted by atomic mass is 10.1. The predicted octanol–water partition coefficient (Wildman–Crippen LogP) is 3.65. The molecule has 128 valence electrons. The number of amides is 1. The molecule has 2 aromatic rings. The fraction of sp³-hybridized carbons (Fsp3) is 0.375. The van der Waals surface area contributed by atoms with Crippen LogP contribution in [0.1, 0.15) is 36.2 Å². The Balaban J connectivity index is 1.83. The van der Waals surface area contributed by atoms with Crippen LogP contribution in [-0.4, -0.2) is 33.4 Å². The number of thioether (sulfide) groups is 2. The minimum absolute atomic E-state index is 0.0593. The van der Waals surface area contributed by atoms with Gasteiger partial charge in [0.25, 0.3) is 0 Å². The highest BCUT2D eigenvalue weighted by Crippen LogP contribution is 2.29. The zero-order valence-corrected chi connectivity index (χ0v) is 16.0. The molecular formula is C16H19N3O2S3. The van der Waals surface area contributed by atoms with E-state index in [0.717, 1.165) is 26.4 Å². The molecule has 0 saturated heterocycles. The third-order valence-corrected chi connectivity index (χ3v) is 6.36. The molecule has 8 heteroatoms. The van der Waals surface area contributed by atoms with Gasteiger partial charge in [-0.3, -0.25) is 9.59 Å². The van der Waals surface area contributed by atoms with Crippen molar-refractivity contribution in [1.29, 1.82) is 0 Å². The van der Waals surface area contributed by atoms with Crippen LogP contribution < -0.4 is 5.32 Å². The molecule has 1 aromatic heterocycles. The molecular weight excluding hydrogens is 362 g/mol. The first-order valence-electron chi connectivity index (χ1n) is 7.54. The van der Waals surface area contributed by atoms with E-state index in [1.165, 1.54) is 30.0 Å². The van der Waals surface area contributed by atoms with Gasteiger partial charge in [-0.05, 0) is 12.0 Å². The third kappa shape index (κ3) is 6.26. The molecule has 1 N–H and O–H groups in total. The van der Waals surface area contributed by atoms with Crippen LogP contribution in [0.2, 0.25) is 0 Å². The number of nitrogens with one attached hydrogen (secondary N) is 1. The average Bonchev–Trinajstić information content (AvgIpc) is 3.04. The average molecular weight is 382 g/mol. The van der Waals surface area contributed by atoms with E-state index in [9.17, 15) is 9.59 Å². The number of hydrogen-bond donors (Lipinski definition) is 1. The van der Waals surface area contributed by atoms with Gasteiger partial charge in [-0.2, -0.15) is 0 Å². The molecule has 0 unspecified atom stereocenters. The van der Waals surface area contributed by atoms with Gasteiger partial charge in [-0.15, -0.1) is 10.2 Å². The fourth-order valence-electron chi connectivity index (χ4n) is 1.75. The SMILES string of the molecule is CCCSc1nnc(SCC(=O)c2ccc(CNC(C)=O)cc2)s1. The van der Waals surface area contributed by atoms with Gasteiger partial charge in [0.05, 0.1) is 5.75 Å². The molecule has 2 rings (SSSR count). The Bertz CT molecular complexity index is 686. The summed E-state index contributed by atoms with van der Waals surface area (Å²) < 4.78 is 1.78. The van der Waals surface area contributed by atoms with Crippen LogP contribution in [0.4, 0.5) is 0 Å². The van der Waals surface area contributed by atoms with E-state index >= 15 is 0 Å². The van der Waals surface area contributed by atoms with E-state index < -0.39 is 0 Å². The van der Waals surface area contributed by atoms with Crippen LogP contribution in [0.3, 0.4) is 0 Å². The predicted molar refractivity (Wildman–Crippen MR) is 99.9 cm³/mol. The molecule has 0 aliphatic heterocycles. The van der Waals surface area contributed by atoms with E-state index in [0.29, 0.717) is 17.9 Å². The Morgan fingerprint density at radius 1 is 1.12 bits per heavy atom. The molecule has 5 nitrogen and oxygen atoms in total. The number of carbonyl (C=O) groups is 2. The third-order valence-electron chi connectivity index (χ3n) is 2.96. The van der Waals surface area contributed by atoms with Crippen molar-refractivity contribution in [2.75, 3.05) is 11.5 Å². The van der Waals surface area contributed by atoms with Gasteiger partial charge < -0.3 is 5.32 Å². The highest BCUT2D eigenvalue weighted by atomic mass is 32.2. The standard InChI is InChI=1S/C16H19N3O2S3/c1-3-8-22-15-18-19-16(24-15)23-10-14(21)13-6-4-12(5-7-13)9-17-11(2)20/h4-7H,3,8-10H2,1-2H3,(H,17,20). The van der Waals surface area contributed by atoms with Crippen LogP contribution in [0, 0.1) is 0 Å². The smallest absolute Gasteiger partial charge is 0.217 e. The minimum Gasteiger partial charge on any atom is -0.352 e. The van der Waals surface area contributed by atoms with Gasteiger partial charge >= 0.3 is 0 Å². The molecule has 24 heavy (non-hydrogen) atoms. The summed E-state index contributed by atoms with van der Waals surface area (Å²) in [4.78, 5) is 23.1. The molecule has 0 saturated carbocycles. The molecule has 0 fully saturated rings.